The number of imide groups is 1. The van der Waals surface area contributed by atoms with Crippen LogP contribution < -0.4 is 20.9 Å². The maximum atomic E-state index is 14.9. The van der Waals surface area contributed by atoms with Crippen molar-refractivity contribution in [1.82, 2.24) is 20.4 Å². The zero-order valence-corrected chi connectivity index (χ0v) is 23.6. The number of halogens is 1. The molecule has 3 aliphatic rings. The van der Waals surface area contributed by atoms with Crippen molar-refractivity contribution in [3.8, 4) is 0 Å². The monoisotopic (exact) mass is 560 g/mol. The smallest absolute Gasteiger partial charge is 0.407 e. The van der Waals surface area contributed by atoms with Crippen LogP contribution in [-0.4, -0.2) is 97.1 Å². The Bertz CT molecular complexity index is 1090. The zero-order valence-electron chi connectivity index (χ0n) is 23.6. The quantitative estimate of drug-likeness (QED) is 0.433. The van der Waals surface area contributed by atoms with Crippen LogP contribution in [0, 0.1) is 5.82 Å². The molecule has 4 amide bonds. The minimum atomic E-state index is -0.561. The molecule has 40 heavy (non-hydrogen) atoms. The third-order valence-electron chi connectivity index (χ3n) is 7.45. The molecule has 0 spiro atoms. The number of hydrogen-bond acceptors (Lipinski definition) is 8. The number of benzene rings is 1. The average Bonchev–Trinajstić information content (AvgIpc) is 2.89. The molecule has 0 bridgehead atoms. The van der Waals surface area contributed by atoms with Gasteiger partial charge in [0.05, 0.1) is 5.69 Å². The molecule has 0 radical (unpaired) electrons. The van der Waals surface area contributed by atoms with Gasteiger partial charge in [-0.3, -0.25) is 24.6 Å². The Morgan fingerprint density at radius 2 is 1.75 bits per heavy atom. The number of piperidine rings is 2. The van der Waals surface area contributed by atoms with Crippen LogP contribution in [0.4, 0.5) is 20.6 Å². The lowest BCUT2D eigenvalue weighted by Gasteiger charge is -2.37. The van der Waals surface area contributed by atoms with Gasteiger partial charge in [-0.05, 0) is 58.2 Å². The third kappa shape index (κ3) is 8.30. The molecular formula is C28H41FN6O5. The van der Waals surface area contributed by atoms with E-state index in [0.717, 1.165) is 13.1 Å². The van der Waals surface area contributed by atoms with Crippen molar-refractivity contribution in [3.63, 3.8) is 0 Å². The molecule has 1 aromatic carbocycles. The Hall–Kier alpha value is -3.41. The van der Waals surface area contributed by atoms with Gasteiger partial charge >= 0.3 is 6.09 Å². The van der Waals surface area contributed by atoms with Crippen molar-refractivity contribution in [1.29, 1.82) is 0 Å². The minimum absolute atomic E-state index is 0.00894. The lowest BCUT2D eigenvalue weighted by molar-refractivity contribution is -0.134. The topological polar surface area (TPSA) is 123 Å². The lowest BCUT2D eigenvalue weighted by atomic mass is 10.0. The van der Waals surface area contributed by atoms with Crippen LogP contribution in [0.2, 0.25) is 0 Å². The summed E-state index contributed by atoms with van der Waals surface area (Å²) in [7, 11) is 0. The van der Waals surface area contributed by atoms with Crippen LogP contribution in [0.3, 0.4) is 0 Å². The maximum absolute atomic E-state index is 14.9. The number of likely N-dealkylation sites (tertiary alicyclic amines) is 1. The van der Waals surface area contributed by atoms with E-state index in [4.69, 9.17) is 4.74 Å². The first-order chi connectivity index (χ1) is 19.0. The molecule has 0 aromatic heterocycles. The first kappa shape index (κ1) is 29.6. The van der Waals surface area contributed by atoms with Gasteiger partial charge in [-0.2, -0.15) is 0 Å². The molecule has 3 heterocycles. The van der Waals surface area contributed by atoms with E-state index in [1.165, 1.54) is 6.07 Å². The molecule has 3 aliphatic heterocycles. The van der Waals surface area contributed by atoms with E-state index in [1.807, 2.05) is 30.6 Å². The van der Waals surface area contributed by atoms with Gasteiger partial charge in [-0.1, -0.05) is 0 Å². The van der Waals surface area contributed by atoms with Crippen LogP contribution in [0.1, 0.15) is 52.9 Å². The normalized spacial score (nSPS) is 21.1. The molecule has 3 fully saturated rings. The molecule has 11 nitrogen and oxygen atoms in total. The number of alkyl carbamates (subject to hydrolysis) is 1. The van der Waals surface area contributed by atoms with Crippen molar-refractivity contribution in [2.75, 3.05) is 56.0 Å². The molecule has 1 aromatic rings. The van der Waals surface area contributed by atoms with E-state index in [1.54, 1.807) is 12.1 Å². The number of carbonyl (C=O) groups excluding carboxylic acids is 4. The summed E-state index contributed by atoms with van der Waals surface area (Å²) >= 11 is 0. The van der Waals surface area contributed by atoms with E-state index in [9.17, 15) is 23.6 Å². The van der Waals surface area contributed by atoms with Crippen molar-refractivity contribution in [2.24, 2.45) is 0 Å². The molecule has 4 rings (SSSR count). The van der Waals surface area contributed by atoms with Crippen LogP contribution >= 0.6 is 0 Å². The fourth-order valence-corrected chi connectivity index (χ4v) is 5.26. The number of piperazine rings is 1. The summed E-state index contributed by atoms with van der Waals surface area (Å²) in [6, 6.07) is 4.30. The van der Waals surface area contributed by atoms with E-state index in [2.05, 4.69) is 20.9 Å². The molecule has 3 saturated heterocycles. The molecule has 1 unspecified atom stereocenters. The number of nitrogens with one attached hydrogen (secondary N) is 3. The van der Waals surface area contributed by atoms with Gasteiger partial charge in [-0.25, -0.2) is 9.18 Å². The number of ether oxygens (including phenoxy) is 1. The number of rotatable bonds is 7. The summed E-state index contributed by atoms with van der Waals surface area (Å²) in [6.45, 7) is 10.1. The summed E-state index contributed by atoms with van der Waals surface area (Å²) in [4.78, 5) is 54.1. The molecule has 0 saturated carbocycles. The van der Waals surface area contributed by atoms with Crippen LogP contribution in [0.25, 0.3) is 0 Å². The van der Waals surface area contributed by atoms with E-state index in [-0.39, 0.29) is 30.1 Å². The van der Waals surface area contributed by atoms with Crippen LogP contribution in [-0.2, 0) is 19.1 Å². The summed E-state index contributed by atoms with van der Waals surface area (Å²) in [5, 5.41) is 8.20. The number of amides is 4. The largest absolute Gasteiger partial charge is 0.444 e. The first-order valence-electron chi connectivity index (χ1n) is 14.1. The maximum Gasteiger partial charge on any atom is 0.407 e. The summed E-state index contributed by atoms with van der Waals surface area (Å²) < 4.78 is 20.3. The van der Waals surface area contributed by atoms with E-state index in [0.29, 0.717) is 69.8 Å². The van der Waals surface area contributed by atoms with Gasteiger partial charge in [-0.15, -0.1) is 0 Å². The number of hydrogen-bond donors (Lipinski definition) is 3. The van der Waals surface area contributed by atoms with Gasteiger partial charge in [0.15, 0.2) is 0 Å². The van der Waals surface area contributed by atoms with Gasteiger partial charge < -0.3 is 25.2 Å². The van der Waals surface area contributed by atoms with Gasteiger partial charge in [0.25, 0.3) is 0 Å². The Labute approximate surface area is 234 Å². The van der Waals surface area contributed by atoms with Crippen LogP contribution in [0.15, 0.2) is 18.2 Å². The van der Waals surface area contributed by atoms with Gasteiger partial charge in [0.2, 0.25) is 17.7 Å². The van der Waals surface area contributed by atoms with Gasteiger partial charge in [0.1, 0.15) is 17.5 Å². The fraction of sp³-hybridized carbons (Fsp3) is 0.643. The highest BCUT2D eigenvalue weighted by molar-refractivity contribution is 6.01. The van der Waals surface area contributed by atoms with Crippen molar-refractivity contribution in [2.45, 2.75) is 70.6 Å². The number of carbonyl (C=O) groups is 4. The molecule has 12 heteroatoms. The second-order valence-electron chi connectivity index (χ2n) is 11.7. The number of anilines is 2. The molecular weight excluding hydrogens is 519 g/mol. The number of nitrogens with zero attached hydrogens (tertiary/aromatic N) is 3. The molecule has 1 atom stereocenters. The highest BCUT2D eigenvalue weighted by Crippen LogP contribution is 2.25. The highest BCUT2D eigenvalue weighted by Gasteiger charge is 2.28. The Morgan fingerprint density at radius 1 is 1.05 bits per heavy atom. The molecule has 220 valence electrons. The van der Waals surface area contributed by atoms with Crippen molar-refractivity contribution < 1.29 is 28.3 Å². The van der Waals surface area contributed by atoms with E-state index >= 15 is 0 Å². The second-order valence-corrected chi connectivity index (χ2v) is 11.7. The third-order valence-corrected chi connectivity index (χ3v) is 7.45. The standard InChI is InChI=1S/C28H41FN6O5/c1-28(2,3)40-27(39)31-19-8-12-35(13-9-19)25(37)10-11-33-14-16-34(17-15-33)23-6-4-20(18-21(23)29)30-22-5-7-24(36)32-26(22)38/h4,6,18-19,22,30H,5,7-17H2,1-3H3,(H,31,39)(H,32,36,38). The zero-order chi connectivity index (χ0) is 28.9. The summed E-state index contributed by atoms with van der Waals surface area (Å²) in [5.41, 5.74) is 0.465. The minimum Gasteiger partial charge on any atom is -0.444 e. The molecule has 3 N–H and O–H groups in total. The fourth-order valence-electron chi connectivity index (χ4n) is 5.26. The van der Waals surface area contributed by atoms with E-state index < -0.39 is 23.6 Å². The second kappa shape index (κ2) is 12.8. The lowest BCUT2D eigenvalue weighted by Crippen LogP contribution is -2.49. The van der Waals surface area contributed by atoms with Crippen molar-refractivity contribution in [3.05, 3.63) is 24.0 Å². The summed E-state index contributed by atoms with van der Waals surface area (Å²) in [5.74, 6) is -0.939. The predicted molar refractivity (Wildman–Crippen MR) is 148 cm³/mol. The Balaban J connectivity index is 1.16. The SMILES string of the molecule is CC(C)(C)OC(=O)NC1CCN(C(=O)CCN2CCN(c3ccc(NC4CCC(=O)NC4=O)cc3F)CC2)CC1. The Kier molecular flexibility index (Phi) is 9.49. The van der Waals surface area contributed by atoms with Crippen molar-refractivity contribution >= 4 is 35.2 Å². The average molecular weight is 561 g/mol. The molecule has 0 aliphatic carbocycles. The predicted octanol–water partition coefficient (Wildman–Crippen LogP) is 2.07. The van der Waals surface area contributed by atoms with Gasteiger partial charge in [0, 0.05) is 70.4 Å². The summed E-state index contributed by atoms with van der Waals surface area (Å²) in [6.07, 6.45) is 2.05. The Morgan fingerprint density at radius 3 is 2.38 bits per heavy atom. The highest BCUT2D eigenvalue weighted by atomic mass is 19.1. The van der Waals surface area contributed by atoms with Crippen LogP contribution in [0.5, 0.6) is 0 Å². The first-order valence-corrected chi connectivity index (χ1v) is 14.1.